The van der Waals surface area contributed by atoms with E-state index in [2.05, 4.69) is 42.5 Å². The first-order valence-corrected chi connectivity index (χ1v) is 8.97. The first-order valence-electron chi connectivity index (χ1n) is 8.97. The molecule has 0 radical (unpaired) electrons. The van der Waals surface area contributed by atoms with Gasteiger partial charge in [0.2, 0.25) is 0 Å². The Kier molecular flexibility index (Phi) is 5.07. The Morgan fingerprint density at radius 3 is 2.26 bits per heavy atom. The van der Waals surface area contributed by atoms with Gasteiger partial charge in [-0.3, -0.25) is 0 Å². The van der Waals surface area contributed by atoms with Crippen LogP contribution < -0.4 is 0 Å². The lowest BCUT2D eigenvalue weighted by Gasteiger charge is -2.30. The third kappa shape index (κ3) is 3.58. The van der Waals surface area contributed by atoms with Gasteiger partial charge in [-0.15, -0.1) is 0 Å². The van der Waals surface area contributed by atoms with Gasteiger partial charge in [0, 0.05) is 0 Å². The highest BCUT2D eigenvalue weighted by atomic mass is 14.6. The molecule has 2 fully saturated rings. The van der Waals surface area contributed by atoms with E-state index in [1.807, 2.05) is 0 Å². The first kappa shape index (κ1) is 15.5. The fourth-order valence-corrected chi connectivity index (χ4v) is 4.78. The van der Waals surface area contributed by atoms with Gasteiger partial charge in [-0.1, -0.05) is 59.7 Å². The predicted octanol–water partition coefficient (Wildman–Crippen LogP) is 4.80. The van der Waals surface area contributed by atoms with Crippen molar-refractivity contribution in [1.29, 1.82) is 0 Å². The van der Waals surface area contributed by atoms with E-state index >= 15 is 0 Å². The van der Waals surface area contributed by atoms with Gasteiger partial charge < -0.3 is 0 Å². The molecule has 2 aliphatic carbocycles. The minimum absolute atomic E-state index is 0.885. The zero-order valence-corrected chi connectivity index (χ0v) is 14.2. The van der Waals surface area contributed by atoms with Gasteiger partial charge in [-0.2, -0.15) is 0 Å². The van der Waals surface area contributed by atoms with Crippen LogP contribution in [0.3, 0.4) is 0 Å². The van der Waals surface area contributed by atoms with Crippen LogP contribution in [0.1, 0.15) is 66.7 Å². The van der Waals surface area contributed by atoms with E-state index in [4.69, 9.17) is 0 Å². The molecule has 0 heterocycles. The van der Waals surface area contributed by atoms with E-state index in [0.29, 0.717) is 0 Å². The second-order valence-electron chi connectivity index (χ2n) is 8.24. The molecule has 19 heavy (non-hydrogen) atoms. The lowest BCUT2D eigenvalue weighted by molar-refractivity contribution is 0.191. The molecular weight excluding hydrogens is 227 g/mol. The van der Waals surface area contributed by atoms with E-state index < -0.39 is 0 Å². The van der Waals surface area contributed by atoms with Crippen molar-refractivity contribution in [1.82, 2.24) is 0 Å². The Bertz CT molecular complexity index is 281. The maximum atomic E-state index is 2.57. The Balaban J connectivity index is 1.95. The highest BCUT2D eigenvalue weighted by Crippen LogP contribution is 2.58. The lowest BCUT2D eigenvalue weighted by Crippen LogP contribution is -2.23. The number of hydrogen-bond acceptors (Lipinski definition) is 0. The molecule has 7 atom stereocenters. The van der Waals surface area contributed by atoms with E-state index in [1.54, 1.807) is 0 Å². The maximum absolute atomic E-state index is 2.57. The van der Waals surface area contributed by atoms with Crippen molar-refractivity contribution < 1.29 is 0 Å². The van der Waals surface area contributed by atoms with E-state index in [0.717, 1.165) is 47.2 Å². The molecule has 2 rings (SSSR count). The van der Waals surface area contributed by atoms with Gasteiger partial charge >= 0.3 is 0 Å². The predicted molar refractivity (Wildman–Crippen MR) is 88.2 cm³/mol. The summed E-state index contributed by atoms with van der Waals surface area (Å²) in [5.74, 6) is 8.01. The summed E-state index contributed by atoms with van der Waals surface area (Å²) in [7, 11) is 2.40. The van der Waals surface area contributed by atoms with Gasteiger partial charge in [-0.05, 0) is 54.3 Å². The molecule has 110 valence electrons. The molecule has 2 saturated carbocycles. The van der Waals surface area contributed by atoms with E-state index in [9.17, 15) is 0 Å². The second-order valence-corrected chi connectivity index (χ2v) is 8.24. The van der Waals surface area contributed by atoms with Crippen LogP contribution in [0.15, 0.2) is 0 Å². The number of hydrogen-bond donors (Lipinski definition) is 0. The van der Waals surface area contributed by atoms with Crippen LogP contribution in [0.25, 0.3) is 0 Å². The first-order chi connectivity index (χ1) is 8.97. The average molecular weight is 262 g/mol. The highest BCUT2D eigenvalue weighted by molar-refractivity contribution is 6.11. The van der Waals surface area contributed by atoms with Crippen LogP contribution >= 0.6 is 0 Å². The zero-order chi connectivity index (χ0) is 14.2. The molecule has 0 saturated heterocycles. The molecule has 0 amide bonds. The van der Waals surface area contributed by atoms with Crippen molar-refractivity contribution >= 4 is 7.85 Å². The Morgan fingerprint density at radius 1 is 1.16 bits per heavy atom. The SMILES string of the molecule is BC(C)CC1C(C)C1C(CCC)C(C)C(C)C1CC1. The Morgan fingerprint density at radius 2 is 1.79 bits per heavy atom. The average Bonchev–Trinajstić information content (AvgIpc) is 3.25. The molecular formula is C18H35B. The zero-order valence-electron chi connectivity index (χ0n) is 14.2. The second kappa shape index (κ2) is 6.23. The van der Waals surface area contributed by atoms with Crippen molar-refractivity contribution in [2.75, 3.05) is 0 Å². The molecule has 0 aliphatic heterocycles. The molecule has 0 aromatic heterocycles. The lowest BCUT2D eigenvalue weighted by atomic mass is 9.75. The van der Waals surface area contributed by atoms with Crippen LogP contribution in [-0.4, -0.2) is 7.85 Å². The van der Waals surface area contributed by atoms with Crippen molar-refractivity contribution in [3.8, 4) is 0 Å². The molecule has 2 aliphatic rings. The van der Waals surface area contributed by atoms with Gasteiger partial charge in [-0.25, -0.2) is 0 Å². The molecule has 1 heteroatoms. The van der Waals surface area contributed by atoms with Crippen LogP contribution in [0, 0.1) is 41.4 Å². The summed E-state index contributed by atoms with van der Waals surface area (Å²) >= 11 is 0. The highest BCUT2D eigenvalue weighted by Gasteiger charge is 2.52. The normalized spacial score (nSPS) is 36.6. The van der Waals surface area contributed by atoms with Crippen LogP contribution in [0.2, 0.25) is 5.82 Å². The molecule has 0 aromatic carbocycles. The van der Waals surface area contributed by atoms with E-state index in [1.165, 1.54) is 32.1 Å². The fourth-order valence-electron chi connectivity index (χ4n) is 4.78. The van der Waals surface area contributed by atoms with Crippen molar-refractivity contribution in [3.05, 3.63) is 0 Å². The fraction of sp³-hybridized carbons (Fsp3) is 1.00. The summed E-state index contributed by atoms with van der Waals surface area (Å²) in [6.07, 6.45) is 7.35. The smallest absolute Gasteiger partial charge is 0.0722 e. The van der Waals surface area contributed by atoms with Crippen molar-refractivity contribution in [3.63, 3.8) is 0 Å². The summed E-state index contributed by atoms with van der Waals surface area (Å²) in [4.78, 5) is 0. The minimum atomic E-state index is 0.885. The van der Waals surface area contributed by atoms with Gasteiger partial charge in [0.05, 0.1) is 0 Å². The minimum Gasteiger partial charge on any atom is -0.0722 e. The largest absolute Gasteiger partial charge is 0.105 e. The van der Waals surface area contributed by atoms with Crippen LogP contribution in [-0.2, 0) is 0 Å². The Labute approximate surface area is 122 Å². The van der Waals surface area contributed by atoms with Crippen LogP contribution in [0.4, 0.5) is 0 Å². The molecule has 0 bridgehead atoms. The van der Waals surface area contributed by atoms with Gasteiger partial charge in [0.1, 0.15) is 7.85 Å². The van der Waals surface area contributed by atoms with E-state index in [-0.39, 0.29) is 0 Å². The van der Waals surface area contributed by atoms with Gasteiger partial charge in [0.15, 0.2) is 0 Å². The van der Waals surface area contributed by atoms with Crippen molar-refractivity contribution in [2.45, 2.75) is 72.5 Å². The molecule has 0 aromatic rings. The third-order valence-corrected chi connectivity index (χ3v) is 6.37. The maximum Gasteiger partial charge on any atom is 0.105 e. The number of rotatable bonds is 8. The summed E-state index contributed by atoms with van der Waals surface area (Å²) < 4.78 is 0. The summed E-state index contributed by atoms with van der Waals surface area (Å²) in [6, 6.07) is 0. The quantitative estimate of drug-likeness (QED) is 0.551. The molecule has 7 unspecified atom stereocenters. The standard InChI is InChI=1S/C18H35B/c1-6-7-16(13(4)12(3)15-8-9-15)18-14(5)17(18)10-11(2)19/h11-18H,6-10,19H2,1-5H3. The summed E-state index contributed by atoms with van der Waals surface area (Å²) in [5, 5.41) is 0. The summed E-state index contributed by atoms with van der Waals surface area (Å²) in [5.41, 5.74) is 0. The summed E-state index contributed by atoms with van der Waals surface area (Å²) in [6.45, 7) is 12.4. The van der Waals surface area contributed by atoms with Gasteiger partial charge in [0.25, 0.3) is 0 Å². The molecule has 0 nitrogen and oxygen atoms in total. The van der Waals surface area contributed by atoms with Crippen molar-refractivity contribution in [2.24, 2.45) is 41.4 Å². The Hall–Kier alpha value is 0.0649. The molecule has 0 N–H and O–H groups in total. The molecule has 0 spiro atoms. The third-order valence-electron chi connectivity index (χ3n) is 6.37. The topological polar surface area (TPSA) is 0 Å². The van der Waals surface area contributed by atoms with Crippen LogP contribution in [0.5, 0.6) is 0 Å². The monoisotopic (exact) mass is 262 g/mol.